The molecule has 1 N–H and O–H groups in total. The Morgan fingerprint density at radius 2 is 1.95 bits per heavy atom. The second-order valence-electron chi connectivity index (χ2n) is 6.50. The highest BCUT2D eigenvalue weighted by molar-refractivity contribution is 5.42. The van der Waals surface area contributed by atoms with Crippen molar-refractivity contribution in [2.24, 2.45) is 5.41 Å². The highest BCUT2D eigenvalue weighted by Gasteiger charge is 2.30. The van der Waals surface area contributed by atoms with Gasteiger partial charge in [-0.05, 0) is 55.3 Å². The van der Waals surface area contributed by atoms with E-state index < -0.39 is 0 Å². The van der Waals surface area contributed by atoms with Crippen LogP contribution in [-0.2, 0) is 6.42 Å². The normalized spacial score (nSPS) is 20.9. The minimum atomic E-state index is 0.515. The van der Waals surface area contributed by atoms with E-state index in [-0.39, 0.29) is 0 Å². The van der Waals surface area contributed by atoms with E-state index in [1.54, 1.807) is 14.2 Å². The summed E-state index contributed by atoms with van der Waals surface area (Å²) in [5.41, 5.74) is 1.80. The van der Waals surface area contributed by atoms with Gasteiger partial charge in [-0.3, -0.25) is 0 Å². The minimum Gasteiger partial charge on any atom is -0.493 e. The van der Waals surface area contributed by atoms with Gasteiger partial charge in [-0.15, -0.1) is 0 Å². The monoisotopic (exact) mass is 277 g/mol. The van der Waals surface area contributed by atoms with Gasteiger partial charge in [0.1, 0.15) is 0 Å². The van der Waals surface area contributed by atoms with Crippen LogP contribution in [0.1, 0.15) is 38.7 Å². The lowest BCUT2D eigenvalue weighted by atomic mass is 9.92. The Bertz CT molecular complexity index is 443. The molecule has 1 aromatic carbocycles. The van der Waals surface area contributed by atoms with Gasteiger partial charge in [-0.2, -0.15) is 0 Å². The predicted molar refractivity (Wildman–Crippen MR) is 82.7 cm³/mol. The van der Waals surface area contributed by atoms with Crippen LogP contribution >= 0.6 is 0 Å². The Hall–Kier alpha value is -1.22. The molecular weight excluding hydrogens is 250 g/mol. The van der Waals surface area contributed by atoms with E-state index in [1.807, 2.05) is 6.07 Å². The van der Waals surface area contributed by atoms with Crippen LogP contribution in [-0.4, -0.2) is 26.8 Å². The van der Waals surface area contributed by atoms with E-state index in [1.165, 1.54) is 24.8 Å². The van der Waals surface area contributed by atoms with Crippen LogP contribution in [0.3, 0.4) is 0 Å². The highest BCUT2D eigenvalue weighted by Crippen LogP contribution is 2.36. The van der Waals surface area contributed by atoms with E-state index in [4.69, 9.17) is 9.47 Å². The smallest absolute Gasteiger partial charge is 0.160 e. The standard InChI is InChI=1S/C17H27NO2/c1-17(2)9-7-14(12-17)18-10-8-13-5-6-15(19-3)16(11-13)20-4/h5-6,11,14,18H,7-10,12H2,1-4H3. The van der Waals surface area contributed by atoms with Crippen molar-refractivity contribution in [2.45, 2.75) is 45.6 Å². The zero-order valence-corrected chi connectivity index (χ0v) is 13.2. The molecule has 112 valence electrons. The molecule has 0 amide bonds. The number of benzene rings is 1. The summed E-state index contributed by atoms with van der Waals surface area (Å²) in [7, 11) is 3.35. The fraction of sp³-hybridized carbons (Fsp3) is 0.647. The molecule has 0 spiro atoms. The molecule has 1 aliphatic rings. The summed E-state index contributed by atoms with van der Waals surface area (Å²) in [6.07, 6.45) is 4.95. The summed E-state index contributed by atoms with van der Waals surface area (Å²) in [6, 6.07) is 6.85. The Kier molecular flexibility index (Phi) is 4.92. The van der Waals surface area contributed by atoms with E-state index in [0.29, 0.717) is 11.5 Å². The van der Waals surface area contributed by atoms with Gasteiger partial charge in [0.25, 0.3) is 0 Å². The molecule has 2 rings (SSSR count). The number of ether oxygens (including phenoxy) is 2. The number of hydrogen-bond donors (Lipinski definition) is 1. The molecule has 3 nitrogen and oxygen atoms in total. The molecule has 1 fully saturated rings. The molecular formula is C17H27NO2. The van der Waals surface area contributed by atoms with Crippen molar-refractivity contribution in [1.29, 1.82) is 0 Å². The zero-order chi connectivity index (χ0) is 14.6. The van der Waals surface area contributed by atoms with Gasteiger partial charge >= 0.3 is 0 Å². The van der Waals surface area contributed by atoms with Gasteiger partial charge in [-0.25, -0.2) is 0 Å². The van der Waals surface area contributed by atoms with Gasteiger partial charge in [0.15, 0.2) is 11.5 Å². The Morgan fingerprint density at radius 1 is 1.20 bits per heavy atom. The summed E-state index contributed by atoms with van der Waals surface area (Å²) in [5.74, 6) is 1.61. The van der Waals surface area contributed by atoms with Crippen LogP contribution in [0.5, 0.6) is 11.5 Å². The molecule has 1 aliphatic carbocycles. The van der Waals surface area contributed by atoms with Crippen LogP contribution in [0.15, 0.2) is 18.2 Å². The molecule has 3 heteroatoms. The van der Waals surface area contributed by atoms with Gasteiger partial charge in [0, 0.05) is 6.04 Å². The predicted octanol–water partition coefficient (Wildman–Crippen LogP) is 3.41. The maximum atomic E-state index is 5.34. The zero-order valence-electron chi connectivity index (χ0n) is 13.2. The van der Waals surface area contributed by atoms with Crippen LogP contribution in [0.4, 0.5) is 0 Å². The van der Waals surface area contributed by atoms with Gasteiger partial charge in [0.2, 0.25) is 0 Å². The van der Waals surface area contributed by atoms with Gasteiger partial charge in [0.05, 0.1) is 14.2 Å². The summed E-state index contributed by atoms with van der Waals surface area (Å²) in [6.45, 7) is 5.75. The molecule has 1 saturated carbocycles. The molecule has 0 heterocycles. The fourth-order valence-corrected chi connectivity index (χ4v) is 3.07. The van der Waals surface area contributed by atoms with Crippen molar-refractivity contribution in [3.63, 3.8) is 0 Å². The maximum absolute atomic E-state index is 5.34. The Balaban J connectivity index is 1.82. The molecule has 20 heavy (non-hydrogen) atoms. The molecule has 1 unspecified atom stereocenters. The summed E-state index contributed by atoms with van der Waals surface area (Å²) in [5, 5.41) is 3.68. The molecule has 1 atom stereocenters. The van der Waals surface area contributed by atoms with Crippen molar-refractivity contribution in [1.82, 2.24) is 5.32 Å². The first-order valence-corrected chi connectivity index (χ1v) is 7.48. The lowest BCUT2D eigenvalue weighted by Crippen LogP contribution is -2.29. The van der Waals surface area contributed by atoms with Crippen molar-refractivity contribution in [3.05, 3.63) is 23.8 Å². The van der Waals surface area contributed by atoms with Crippen LogP contribution < -0.4 is 14.8 Å². The lowest BCUT2D eigenvalue weighted by Gasteiger charge is -2.18. The van der Waals surface area contributed by atoms with Crippen LogP contribution in [0.25, 0.3) is 0 Å². The Morgan fingerprint density at radius 3 is 2.55 bits per heavy atom. The molecule has 1 aromatic rings. The SMILES string of the molecule is COc1ccc(CCNC2CCC(C)(C)C2)cc1OC. The fourth-order valence-electron chi connectivity index (χ4n) is 3.07. The number of rotatable bonds is 6. The molecule has 0 aromatic heterocycles. The van der Waals surface area contributed by atoms with E-state index in [2.05, 4.69) is 31.3 Å². The van der Waals surface area contributed by atoms with Crippen LogP contribution in [0, 0.1) is 5.41 Å². The van der Waals surface area contributed by atoms with Crippen LogP contribution in [0.2, 0.25) is 0 Å². The number of hydrogen-bond acceptors (Lipinski definition) is 3. The highest BCUT2D eigenvalue weighted by atomic mass is 16.5. The summed E-state index contributed by atoms with van der Waals surface area (Å²) in [4.78, 5) is 0. The minimum absolute atomic E-state index is 0.515. The first-order chi connectivity index (χ1) is 9.54. The molecule has 0 aliphatic heterocycles. The maximum Gasteiger partial charge on any atom is 0.160 e. The number of methoxy groups -OCH3 is 2. The third-order valence-electron chi connectivity index (χ3n) is 4.26. The third-order valence-corrected chi connectivity index (χ3v) is 4.26. The van der Waals surface area contributed by atoms with Crippen molar-refractivity contribution < 1.29 is 9.47 Å². The first-order valence-electron chi connectivity index (χ1n) is 7.48. The van der Waals surface area contributed by atoms with Gasteiger partial charge in [-0.1, -0.05) is 19.9 Å². The first kappa shape index (κ1) is 15.2. The average molecular weight is 277 g/mol. The second-order valence-corrected chi connectivity index (χ2v) is 6.50. The summed E-state index contributed by atoms with van der Waals surface area (Å²) < 4.78 is 10.6. The van der Waals surface area contributed by atoms with Crippen molar-refractivity contribution in [3.8, 4) is 11.5 Å². The molecule has 0 radical (unpaired) electrons. The van der Waals surface area contributed by atoms with Gasteiger partial charge < -0.3 is 14.8 Å². The van der Waals surface area contributed by atoms with Crippen molar-refractivity contribution >= 4 is 0 Å². The summed E-state index contributed by atoms with van der Waals surface area (Å²) >= 11 is 0. The number of nitrogens with one attached hydrogen (secondary N) is 1. The Labute approximate surface area is 122 Å². The quantitative estimate of drug-likeness (QED) is 0.864. The lowest BCUT2D eigenvalue weighted by molar-refractivity contribution is 0.354. The topological polar surface area (TPSA) is 30.5 Å². The third kappa shape index (κ3) is 3.89. The van der Waals surface area contributed by atoms with E-state index >= 15 is 0 Å². The van der Waals surface area contributed by atoms with Crippen molar-refractivity contribution in [2.75, 3.05) is 20.8 Å². The van der Waals surface area contributed by atoms with E-state index in [9.17, 15) is 0 Å². The average Bonchev–Trinajstić information content (AvgIpc) is 2.78. The molecule has 0 saturated heterocycles. The molecule has 0 bridgehead atoms. The second kappa shape index (κ2) is 6.49. The largest absolute Gasteiger partial charge is 0.493 e. The van der Waals surface area contributed by atoms with E-state index in [0.717, 1.165) is 24.5 Å².